The Morgan fingerprint density at radius 1 is 0.744 bits per heavy atom. The SMILES string of the molecule is CNC(C)(C)C(C)(C)C(=O)O[C@H]1CC2(C)C(C)(C)C(=C1C)C(C)(C)C(C)(C)[C@@]1(C)C(C(C)(C)C(C)(C)CC1(C)C)C2(C)C. The number of carbonyl (C=O) groups excluding carboxylic acids is 1. The Bertz CT molecular complexity index is 1190. The van der Waals surface area contributed by atoms with Gasteiger partial charge >= 0.3 is 5.97 Å². The van der Waals surface area contributed by atoms with Gasteiger partial charge in [0.15, 0.2) is 0 Å². The van der Waals surface area contributed by atoms with Crippen LogP contribution in [0, 0.1) is 60.1 Å². The van der Waals surface area contributed by atoms with E-state index in [1.165, 1.54) is 17.6 Å². The molecular weight excluding hydrogens is 526 g/mol. The third kappa shape index (κ3) is 4.10. The molecule has 0 spiro atoms. The van der Waals surface area contributed by atoms with E-state index in [2.05, 4.69) is 137 Å². The molecule has 0 aromatic carbocycles. The third-order valence-electron chi connectivity index (χ3n) is 17.4. The minimum absolute atomic E-state index is 0.0254. The number of rotatable bonds is 4. The molecule has 2 unspecified atom stereocenters. The summed E-state index contributed by atoms with van der Waals surface area (Å²) in [5.41, 5.74) is 1.54. The molecule has 2 bridgehead atoms. The van der Waals surface area contributed by atoms with Gasteiger partial charge in [0.05, 0.1) is 5.41 Å². The van der Waals surface area contributed by atoms with Gasteiger partial charge in [-0.15, -0.1) is 0 Å². The molecule has 3 rings (SSSR count). The minimum atomic E-state index is -0.690. The topological polar surface area (TPSA) is 38.3 Å². The quantitative estimate of drug-likeness (QED) is 0.258. The summed E-state index contributed by atoms with van der Waals surface area (Å²) in [6.07, 6.45) is 1.79. The van der Waals surface area contributed by atoms with Gasteiger partial charge in [-0.05, 0) is 115 Å². The van der Waals surface area contributed by atoms with Gasteiger partial charge in [0.25, 0.3) is 0 Å². The van der Waals surface area contributed by atoms with Crippen LogP contribution < -0.4 is 5.32 Å². The molecular formula is C40H73NO2. The average molecular weight is 600 g/mol. The lowest BCUT2D eigenvalue weighted by Crippen LogP contribution is -2.74. The minimum Gasteiger partial charge on any atom is -0.457 e. The van der Waals surface area contributed by atoms with Crippen molar-refractivity contribution in [3.05, 3.63) is 11.1 Å². The fourth-order valence-electron chi connectivity index (χ4n) is 12.2. The Labute approximate surface area is 268 Å². The van der Waals surface area contributed by atoms with E-state index in [1.54, 1.807) is 0 Å². The molecule has 0 aromatic rings. The fraction of sp³-hybridized carbons (Fsp3) is 0.925. The molecule has 0 saturated heterocycles. The number of ether oxygens (including phenoxy) is 1. The van der Waals surface area contributed by atoms with E-state index in [0.29, 0.717) is 5.92 Å². The lowest BCUT2D eigenvalue weighted by Gasteiger charge is -2.80. The first-order valence-corrected chi connectivity index (χ1v) is 17.3. The first-order chi connectivity index (χ1) is 18.6. The maximum atomic E-state index is 14.1. The van der Waals surface area contributed by atoms with Crippen molar-refractivity contribution in [2.45, 2.75) is 170 Å². The average Bonchev–Trinajstić information content (AvgIpc) is 2.79. The van der Waals surface area contributed by atoms with E-state index >= 15 is 0 Å². The van der Waals surface area contributed by atoms with Gasteiger partial charge in [-0.25, -0.2) is 0 Å². The molecule has 4 atom stereocenters. The van der Waals surface area contributed by atoms with Gasteiger partial charge in [0, 0.05) is 5.54 Å². The third-order valence-corrected chi connectivity index (χ3v) is 17.4. The van der Waals surface area contributed by atoms with Crippen molar-refractivity contribution in [1.29, 1.82) is 0 Å². The highest BCUT2D eigenvalue weighted by Gasteiger charge is 2.77. The number of esters is 1. The zero-order chi connectivity index (χ0) is 34.2. The number of hydrogen-bond acceptors (Lipinski definition) is 3. The van der Waals surface area contributed by atoms with Crippen molar-refractivity contribution < 1.29 is 9.53 Å². The Kier molecular flexibility index (Phi) is 7.99. The highest BCUT2D eigenvalue weighted by molar-refractivity contribution is 5.78. The summed E-state index contributed by atoms with van der Waals surface area (Å²) in [5.74, 6) is 0.301. The molecule has 0 radical (unpaired) electrons. The van der Waals surface area contributed by atoms with Crippen molar-refractivity contribution in [3.63, 3.8) is 0 Å². The summed E-state index contributed by atoms with van der Waals surface area (Å²) in [4.78, 5) is 14.1. The summed E-state index contributed by atoms with van der Waals surface area (Å²) >= 11 is 0. The van der Waals surface area contributed by atoms with Crippen LogP contribution in [0.3, 0.4) is 0 Å². The Morgan fingerprint density at radius 2 is 1.21 bits per heavy atom. The van der Waals surface area contributed by atoms with E-state index in [0.717, 1.165) is 6.42 Å². The van der Waals surface area contributed by atoms with E-state index < -0.39 is 11.0 Å². The predicted octanol–water partition coefficient (Wildman–Crippen LogP) is 10.9. The molecule has 2 fully saturated rings. The number of hydrogen-bond donors (Lipinski definition) is 1. The molecule has 1 N–H and O–H groups in total. The van der Waals surface area contributed by atoms with Gasteiger partial charge in [-0.1, -0.05) is 116 Å². The predicted molar refractivity (Wildman–Crippen MR) is 185 cm³/mol. The second kappa shape index (κ2) is 9.38. The number of carbonyl (C=O) groups is 1. The standard InChI is InChI=1S/C40H73NO2/c1-25-26(43-29(42)36(14,15)38(18,19)41-22)23-39(20)33(8,9)27(25)32(6,7)37(16,17)40(21)28(35(39,12)13)34(10,11)30(2,3)24-31(40,4)5/h26,28,41H,23-24H2,1-22H3/t26-,28?,39?,40-/m0/s1. The van der Waals surface area contributed by atoms with E-state index in [-0.39, 0.29) is 60.8 Å². The highest BCUT2D eigenvalue weighted by atomic mass is 16.5. The van der Waals surface area contributed by atoms with Crippen molar-refractivity contribution in [2.75, 3.05) is 7.05 Å². The number of nitrogens with one attached hydrogen (secondary N) is 1. The summed E-state index contributed by atoms with van der Waals surface area (Å²) in [7, 11) is 1.93. The van der Waals surface area contributed by atoms with Crippen LogP contribution in [0.1, 0.15) is 158 Å². The van der Waals surface area contributed by atoms with Crippen LogP contribution in [0.5, 0.6) is 0 Å². The molecule has 250 valence electrons. The fourth-order valence-corrected chi connectivity index (χ4v) is 12.2. The Hall–Kier alpha value is -0.830. The zero-order valence-corrected chi connectivity index (χ0v) is 32.9. The van der Waals surface area contributed by atoms with Gasteiger partial charge < -0.3 is 10.1 Å². The van der Waals surface area contributed by atoms with Crippen molar-refractivity contribution in [3.8, 4) is 0 Å². The van der Waals surface area contributed by atoms with Crippen LogP contribution in [0.4, 0.5) is 0 Å². The van der Waals surface area contributed by atoms with Crippen LogP contribution in [0.2, 0.25) is 0 Å². The first-order valence-electron chi connectivity index (χ1n) is 17.3. The monoisotopic (exact) mass is 600 g/mol. The van der Waals surface area contributed by atoms with Crippen LogP contribution in [0.25, 0.3) is 0 Å². The molecule has 3 aliphatic carbocycles. The van der Waals surface area contributed by atoms with Crippen molar-refractivity contribution in [1.82, 2.24) is 5.32 Å². The molecule has 43 heavy (non-hydrogen) atoms. The summed E-state index contributed by atoms with van der Waals surface area (Å²) in [6.45, 7) is 51.6. The molecule has 3 heteroatoms. The molecule has 0 amide bonds. The molecule has 3 aliphatic rings. The zero-order valence-electron chi connectivity index (χ0n) is 32.9. The van der Waals surface area contributed by atoms with Crippen LogP contribution in [-0.2, 0) is 9.53 Å². The normalized spacial score (nSPS) is 37.1. The molecule has 3 nitrogen and oxygen atoms in total. The Balaban J connectivity index is 2.49. The largest absolute Gasteiger partial charge is 0.457 e. The van der Waals surface area contributed by atoms with Gasteiger partial charge in [-0.3, -0.25) is 4.79 Å². The lowest BCUT2D eigenvalue weighted by atomic mass is 9.24. The lowest BCUT2D eigenvalue weighted by molar-refractivity contribution is -0.304. The Morgan fingerprint density at radius 3 is 1.65 bits per heavy atom. The molecule has 0 heterocycles. The highest BCUT2D eigenvalue weighted by Crippen LogP contribution is 2.83. The van der Waals surface area contributed by atoms with Gasteiger partial charge in [-0.2, -0.15) is 0 Å². The second-order valence-electron chi connectivity index (χ2n) is 20.9. The van der Waals surface area contributed by atoms with E-state index in [1.807, 2.05) is 20.9 Å². The van der Waals surface area contributed by atoms with E-state index in [9.17, 15) is 4.79 Å². The summed E-state index contributed by atoms with van der Waals surface area (Å²) < 4.78 is 6.76. The molecule has 0 aromatic heterocycles. The van der Waals surface area contributed by atoms with Crippen LogP contribution in [0.15, 0.2) is 11.1 Å². The molecule has 2 saturated carbocycles. The first kappa shape index (κ1) is 36.6. The summed E-state index contributed by atoms with van der Waals surface area (Å²) in [6, 6.07) is 0. The summed E-state index contributed by atoms with van der Waals surface area (Å²) in [5, 5.41) is 3.37. The smallest absolute Gasteiger partial charge is 0.313 e. The number of fused-ring (bicyclic) bond motifs is 3. The maximum absolute atomic E-state index is 14.1. The van der Waals surface area contributed by atoms with Crippen LogP contribution >= 0.6 is 0 Å². The maximum Gasteiger partial charge on any atom is 0.313 e. The van der Waals surface area contributed by atoms with Gasteiger partial charge in [0.1, 0.15) is 6.10 Å². The van der Waals surface area contributed by atoms with Crippen LogP contribution in [-0.4, -0.2) is 24.7 Å². The van der Waals surface area contributed by atoms with Crippen molar-refractivity contribution in [2.24, 2.45) is 60.1 Å². The van der Waals surface area contributed by atoms with E-state index in [4.69, 9.17) is 4.74 Å². The van der Waals surface area contributed by atoms with Gasteiger partial charge in [0.2, 0.25) is 0 Å². The second-order valence-corrected chi connectivity index (χ2v) is 20.9. The number of allylic oxidation sites excluding steroid dienone is 1. The van der Waals surface area contributed by atoms with Crippen molar-refractivity contribution >= 4 is 5.97 Å². The molecule has 0 aliphatic heterocycles.